The van der Waals surface area contributed by atoms with E-state index in [0.717, 1.165) is 6.42 Å². The van der Waals surface area contributed by atoms with E-state index in [9.17, 15) is 14.7 Å². The summed E-state index contributed by atoms with van der Waals surface area (Å²) in [7, 11) is 0. The van der Waals surface area contributed by atoms with Crippen LogP contribution >= 0.6 is 23.2 Å². The molecular formula is C25H26Cl2FN3O4. The molecule has 1 saturated heterocycles. The van der Waals surface area contributed by atoms with Gasteiger partial charge in [0.25, 0.3) is 0 Å². The number of rotatable bonds is 6. The third kappa shape index (κ3) is 3.57. The van der Waals surface area contributed by atoms with E-state index in [1.807, 2.05) is 0 Å². The van der Waals surface area contributed by atoms with Crippen molar-refractivity contribution in [3.8, 4) is 0 Å². The maximum atomic E-state index is 15.6. The molecule has 10 heteroatoms. The van der Waals surface area contributed by atoms with E-state index in [2.05, 4.69) is 16.0 Å². The van der Waals surface area contributed by atoms with E-state index >= 15 is 4.39 Å². The Kier molecular flexibility index (Phi) is 6.30. The van der Waals surface area contributed by atoms with Gasteiger partial charge in [0.1, 0.15) is 11.2 Å². The van der Waals surface area contributed by atoms with Gasteiger partial charge in [-0.15, -0.1) is 0 Å². The molecule has 186 valence electrons. The van der Waals surface area contributed by atoms with Crippen LogP contribution in [0.5, 0.6) is 0 Å². The van der Waals surface area contributed by atoms with Gasteiger partial charge in [0.2, 0.25) is 11.8 Å². The summed E-state index contributed by atoms with van der Waals surface area (Å²) < 4.78 is 15.6. The van der Waals surface area contributed by atoms with Gasteiger partial charge in [0, 0.05) is 28.7 Å². The highest BCUT2D eigenvalue weighted by Gasteiger charge is 2.73. The molecule has 2 fully saturated rings. The number of hydrogen-bond donors (Lipinski definition) is 5. The number of halogens is 3. The van der Waals surface area contributed by atoms with E-state index in [1.165, 1.54) is 6.07 Å². The molecule has 2 amide bonds. The van der Waals surface area contributed by atoms with Crippen LogP contribution in [0.1, 0.15) is 42.7 Å². The van der Waals surface area contributed by atoms with Crippen molar-refractivity contribution in [1.82, 2.24) is 10.6 Å². The minimum absolute atomic E-state index is 0.0906. The van der Waals surface area contributed by atoms with E-state index in [0.29, 0.717) is 29.1 Å². The molecule has 2 aromatic rings. The summed E-state index contributed by atoms with van der Waals surface area (Å²) in [6.45, 7) is -0.304. The van der Waals surface area contributed by atoms with Crippen molar-refractivity contribution in [3.05, 3.63) is 63.4 Å². The number of amides is 2. The Labute approximate surface area is 212 Å². The van der Waals surface area contributed by atoms with Gasteiger partial charge >= 0.3 is 0 Å². The van der Waals surface area contributed by atoms with Crippen LogP contribution in [0.2, 0.25) is 10.0 Å². The molecule has 3 aliphatic rings. The maximum absolute atomic E-state index is 15.6. The zero-order chi connectivity index (χ0) is 25.0. The lowest BCUT2D eigenvalue weighted by Crippen LogP contribution is -2.63. The second-order valence-corrected chi connectivity index (χ2v) is 10.4. The van der Waals surface area contributed by atoms with Crippen molar-refractivity contribution in [2.75, 3.05) is 18.5 Å². The number of hydrogen-bond acceptors (Lipinski definition) is 5. The molecular weight excluding hydrogens is 496 g/mol. The number of benzene rings is 2. The summed E-state index contributed by atoms with van der Waals surface area (Å²) in [5, 5.41) is 28.2. The average molecular weight is 522 g/mol. The number of aliphatic hydroxyl groups excluding tert-OH is 2. The molecule has 4 atom stereocenters. The molecule has 1 saturated carbocycles. The third-order valence-corrected chi connectivity index (χ3v) is 8.32. The summed E-state index contributed by atoms with van der Waals surface area (Å²) in [6, 6.07) is 8.83. The summed E-state index contributed by atoms with van der Waals surface area (Å²) in [5.74, 6) is -2.29. The second kappa shape index (κ2) is 9.01. The van der Waals surface area contributed by atoms with Gasteiger partial charge in [-0.2, -0.15) is 0 Å². The molecule has 0 unspecified atom stereocenters. The molecule has 1 aliphatic carbocycles. The van der Waals surface area contributed by atoms with E-state index in [1.54, 1.807) is 30.3 Å². The molecule has 5 N–H and O–H groups in total. The van der Waals surface area contributed by atoms with Crippen LogP contribution in [-0.4, -0.2) is 52.9 Å². The van der Waals surface area contributed by atoms with E-state index in [4.69, 9.17) is 28.3 Å². The second-order valence-electron chi connectivity index (χ2n) is 9.55. The highest BCUT2D eigenvalue weighted by Crippen LogP contribution is 2.64. The lowest BCUT2D eigenvalue weighted by molar-refractivity contribution is -0.125. The van der Waals surface area contributed by atoms with Crippen LogP contribution in [-0.2, 0) is 15.0 Å². The quantitative estimate of drug-likeness (QED) is 0.401. The molecule has 2 heterocycles. The number of carbonyl (C=O) groups is 2. The first-order valence-corrected chi connectivity index (χ1v) is 12.4. The van der Waals surface area contributed by atoms with Crippen molar-refractivity contribution in [2.24, 2.45) is 0 Å². The zero-order valence-electron chi connectivity index (χ0n) is 18.8. The number of aliphatic hydroxyl groups is 2. The van der Waals surface area contributed by atoms with Gasteiger partial charge in [-0.05, 0) is 55.0 Å². The summed E-state index contributed by atoms with van der Waals surface area (Å²) in [6.07, 6.45) is 1.31. The standard InChI is InChI=1S/C25H26Cl2FN3O4/c26-13-5-6-16-18(11-13)30-23(35)25(16)19(15-3-1-4-17(27)20(15)28)21(31-24(25)8-2-9-24)22(34)29-10-7-14(33)12-32/h1,3-6,11,14,19,21,31-33H,2,7-10,12H2,(H,29,34)(H,30,35)/t14-,19-,21+,25-/m0/s1. The average Bonchev–Trinajstić information content (AvgIpc) is 3.28. The Morgan fingerprint density at radius 3 is 2.71 bits per heavy atom. The first-order chi connectivity index (χ1) is 16.7. The van der Waals surface area contributed by atoms with Crippen LogP contribution in [0, 0.1) is 5.82 Å². The minimum atomic E-state index is -1.26. The number of fused-ring (bicyclic) bond motifs is 3. The fourth-order valence-electron chi connectivity index (χ4n) is 6.16. The van der Waals surface area contributed by atoms with Gasteiger partial charge in [-0.3, -0.25) is 14.9 Å². The maximum Gasteiger partial charge on any atom is 0.237 e. The van der Waals surface area contributed by atoms with Crippen LogP contribution in [0.3, 0.4) is 0 Å². The van der Waals surface area contributed by atoms with Gasteiger partial charge in [-0.1, -0.05) is 41.4 Å². The largest absolute Gasteiger partial charge is 0.394 e. The Morgan fingerprint density at radius 2 is 2.03 bits per heavy atom. The monoisotopic (exact) mass is 521 g/mol. The van der Waals surface area contributed by atoms with Crippen molar-refractivity contribution in [3.63, 3.8) is 0 Å². The van der Waals surface area contributed by atoms with Gasteiger partial charge in [0.05, 0.1) is 23.8 Å². The van der Waals surface area contributed by atoms with Gasteiger partial charge < -0.3 is 20.8 Å². The fraction of sp³-hybridized carbons (Fsp3) is 0.440. The van der Waals surface area contributed by atoms with Crippen molar-refractivity contribution < 1.29 is 24.2 Å². The highest BCUT2D eigenvalue weighted by molar-refractivity contribution is 6.31. The number of anilines is 1. The van der Waals surface area contributed by atoms with Crippen LogP contribution < -0.4 is 16.0 Å². The Balaban J connectivity index is 1.66. The van der Waals surface area contributed by atoms with Crippen LogP contribution in [0.15, 0.2) is 36.4 Å². The molecule has 2 aromatic carbocycles. The predicted molar refractivity (Wildman–Crippen MR) is 130 cm³/mol. The van der Waals surface area contributed by atoms with Crippen molar-refractivity contribution in [1.29, 1.82) is 0 Å². The smallest absolute Gasteiger partial charge is 0.237 e. The summed E-state index contributed by atoms with van der Waals surface area (Å²) in [5.41, 5.74) is -0.613. The Morgan fingerprint density at radius 1 is 1.26 bits per heavy atom. The number of nitrogens with one attached hydrogen (secondary N) is 3. The number of carbonyl (C=O) groups excluding carboxylic acids is 2. The molecule has 7 nitrogen and oxygen atoms in total. The van der Waals surface area contributed by atoms with Crippen molar-refractivity contribution >= 4 is 40.7 Å². The third-order valence-electron chi connectivity index (χ3n) is 7.79. The molecule has 0 bridgehead atoms. The first kappa shape index (κ1) is 24.5. The lowest BCUT2D eigenvalue weighted by atomic mass is 9.53. The molecule has 2 spiro atoms. The lowest BCUT2D eigenvalue weighted by Gasteiger charge is -2.50. The SMILES string of the molecule is O=C(NCC[C@H](O)CO)[C@@H]1NC2(CCC2)[C@]2(C(=O)Nc3cc(Cl)ccc32)[C@H]1c1cccc(Cl)c1F. The zero-order valence-corrected chi connectivity index (χ0v) is 20.3. The normalized spacial score (nSPS) is 26.9. The van der Waals surface area contributed by atoms with Gasteiger partial charge in [-0.25, -0.2) is 4.39 Å². The molecule has 2 aliphatic heterocycles. The summed E-state index contributed by atoms with van der Waals surface area (Å²) >= 11 is 12.4. The van der Waals surface area contributed by atoms with Crippen LogP contribution in [0.4, 0.5) is 10.1 Å². The predicted octanol–water partition coefficient (Wildman–Crippen LogP) is 2.86. The Hall–Kier alpha value is -2.23. The topological polar surface area (TPSA) is 111 Å². The minimum Gasteiger partial charge on any atom is -0.394 e. The molecule has 0 radical (unpaired) electrons. The summed E-state index contributed by atoms with van der Waals surface area (Å²) in [4.78, 5) is 27.4. The highest BCUT2D eigenvalue weighted by atomic mass is 35.5. The Bertz CT molecular complexity index is 1190. The van der Waals surface area contributed by atoms with Crippen molar-refractivity contribution in [2.45, 2.75) is 54.7 Å². The molecule has 0 aromatic heterocycles. The fourth-order valence-corrected chi connectivity index (χ4v) is 6.51. The van der Waals surface area contributed by atoms with E-state index in [-0.39, 0.29) is 29.5 Å². The van der Waals surface area contributed by atoms with Gasteiger partial charge in [0.15, 0.2) is 0 Å². The van der Waals surface area contributed by atoms with Crippen LogP contribution in [0.25, 0.3) is 0 Å². The van der Waals surface area contributed by atoms with E-state index < -0.39 is 47.3 Å². The molecule has 5 rings (SSSR count). The first-order valence-electron chi connectivity index (χ1n) is 11.6. The molecule has 35 heavy (non-hydrogen) atoms.